The van der Waals surface area contributed by atoms with E-state index in [9.17, 15) is 9.90 Å². The fourth-order valence-electron chi connectivity index (χ4n) is 3.81. The summed E-state index contributed by atoms with van der Waals surface area (Å²) in [7, 11) is 0. The van der Waals surface area contributed by atoms with Crippen LogP contribution in [0.25, 0.3) is 5.03 Å². The molecule has 4 aromatic carbocycles. The molecule has 186 valence electrons. The molecule has 0 aliphatic carbocycles. The van der Waals surface area contributed by atoms with Crippen LogP contribution in [0.5, 0.6) is 28.7 Å². The number of benzene rings is 4. The summed E-state index contributed by atoms with van der Waals surface area (Å²) in [5, 5.41) is 11.0. The Labute approximate surface area is 219 Å². The van der Waals surface area contributed by atoms with Gasteiger partial charge in [-0.25, -0.2) is 0 Å². The first kappa shape index (κ1) is 24.3. The van der Waals surface area contributed by atoms with Crippen LogP contribution in [-0.2, 0) is 13.2 Å². The molecule has 0 bridgehead atoms. The number of carbonyl (C=O) groups is 1. The van der Waals surface area contributed by atoms with Gasteiger partial charge in [0.05, 0.1) is 5.03 Å². The zero-order chi connectivity index (χ0) is 25.6. The lowest BCUT2D eigenvalue weighted by Crippen LogP contribution is -2.05. The molecule has 7 heteroatoms. The van der Waals surface area contributed by atoms with Crippen LogP contribution in [0.4, 0.5) is 0 Å². The lowest BCUT2D eigenvalue weighted by molar-refractivity contribution is 0.104. The van der Waals surface area contributed by atoms with Crippen molar-refractivity contribution >= 4 is 22.4 Å². The van der Waals surface area contributed by atoms with Crippen LogP contribution in [-0.4, -0.2) is 17.7 Å². The van der Waals surface area contributed by atoms with Crippen molar-refractivity contribution in [2.75, 3.05) is 6.79 Å². The fraction of sp³-hybridized carbons (Fsp3) is 0.100. The predicted molar refractivity (Wildman–Crippen MR) is 140 cm³/mol. The Morgan fingerprint density at radius 2 is 1.49 bits per heavy atom. The number of allylic oxidation sites excluding steroid dienone is 1. The van der Waals surface area contributed by atoms with Crippen LogP contribution >= 0.6 is 11.6 Å². The average molecular weight is 515 g/mol. The molecule has 0 fully saturated rings. The van der Waals surface area contributed by atoms with Gasteiger partial charge in [-0.3, -0.25) is 4.79 Å². The van der Waals surface area contributed by atoms with Crippen molar-refractivity contribution in [2.45, 2.75) is 13.2 Å². The van der Waals surface area contributed by atoms with Crippen LogP contribution in [0.15, 0.2) is 97.1 Å². The molecule has 1 heterocycles. The van der Waals surface area contributed by atoms with E-state index in [0.29, 0.717) is 29.4 Å². The van der Waals surface area contributed by atoms with Gasteiger partial charge in [-0.1, -0.05) is 72.3 Å². The highest BCUT2D eigenvalue weighted by atomic mass is 35.5. The first-order chi connectivity index (χ1) is 18.1. The maximum Gasteiger partial charge on any atom is 0.231 e. The van der Waals surface area contributed by atoms with Gasteiger partial charge in [0.1, 0.15) is 36.0 Å². The number of carbonyl (C=O) groups excluding carboxylic acids is 1. The van der Waals surface area contributed by atoms with Gasteiger partial charge in [0, 0.05) is 18.2 Å². The van der Waals surface area contributed by atoms with Crippen molar-refractivity contribution in [1.29, 1.82) is 0 Å². The number of ketones is 1. The Bertz CT molecular complexity index is 1430. The van der Waals surface area contributed by atoms with E-state index < -0.39 is 5.78 Å². The van der Waals surface area contributed by atoms with E-state index in [1.54, 1.807) is 24.3 Å². The monoisotopic (exact) mass is 514 g/mol. The van der Waals surface area contributed by atoms with Crippen LogP contribution in [0.3, 0.4) is 0 Å². The molecule has 0 unspecified atom stereocenters. The lowest BCUT2D eigenvalue weighted by atomic mass is 10.1. The third-order valence-corrected chi connectivity index (χ3v) is 6.02. The van der Waals surface area contributed by atoms with E-state index in [4.69, 9.17) is 30.5 Å². The van der Waals surface area contributed by atoms with Crippen LogP contribution in [0.2, 0.25) is 0 Å². The van der Waals surface area contributed by atoms with Crippen molar-refractivity contribution < 1.29 is 28.8 Å². The molecule has 4 aromatic rings. The van der Waals surface area contributed by atoms with Gasteiger partial charge in [0.2, 0.25) is 6.79 Å². The Morgan fingerprint density at radius 1 is 0.838 bits per heavy atom. The summed E-state index contributed by atoms with van der Waals surface area (Å²) in [6.07, 6.45) is 1.24. The first-order valence-corrected chi connectivity index (χ1v) is 12.0. The van der Waals surface area contributed by atoms with Gasteiger partial charge >= 0.3 is 0 Å². The minimum Gasteiger partial charge on any atom is -0.507 e. The quantitative estimate of drug-likeness (QED) is 0.197. The molecule has 0 amide bonds. The standard InChI is InChI=1S/C30H23ClO6/c31-24(22-11-12-27-28(13-22)37-19-36-27)16-26(33)30-25(32)14-23(34-17-20-7-3-1-4-8-20)15-29(30)35-18-21-9-5-2-6-10-21/h1-16,32H,17-19H2. The molecule has 0 saturated heterocycles. The van der Waals surface area contributed by atoms with Crippen LogP contribution in [0, 0.1) is 0 Å². The number of ether oxygens (including phenoxy) is 4. The molecule has 0 saturated carbocycles. The Balaban J connectivity index is 1.43. The molecule has 6 nitrogen and oxygen atoms in total. The molecule has 0 atom stereocenters. The van der Waals surface area contributed by atoms with Crippen molar-refractivity contribution in [2.24, 2.45) is 0 Å². The van der Waals surface area contributed by atoms with E-state index >= 15 is 0 Å². The fourth-order valence-corrected chi connectivity index (χ4v) is 4.03. The largest absolute Gasteiger partial charge is 0.507 e. The molecule has 1 N–H and O–H groups in total. The molecule has 0 aromatic heterocycles. The Kier molecular flexibility index (Phi) is 7.28. The first-order valence-electron chi connectivity index (χ1n) is 11.6. The highest BCUT2D eigenvalue weighted by Crippen LogP contribution is 2.38. The highest BCUT2D eigenvalue weighted by molar-refractivity contribution is 6.50. The van der Waals surface area contributed by atoms with Gasteiger partial charge < -0.3 is 24.1 Å². The minimum absolute atomic E-state index is 0.0121. The normalized spacial score (nSPS) is 12.3. The number of aromatic hydroxyl groups is 1. The number of halogens is 1. The van der Waals surface area contributed by atoms with Crippen LogP contribution < -0.4 is 18.9 Å². The minimum atomic E-state index is -0.516. The summed E-state index contributed by atoms with van der Waals surface area (Å²) in [5.41, 5.74) is 2.44. The van der Waals surface area contributed by atoms with E-state index in [1.165, 1.54) is 12.1 Å². The summed E-state index contributed by atoms with van der Waals surface area (Å²) in [6, 6.07) is 27.3. The third-order valence-electron chi connectivity index (χ3n) is 5.69. The zero-order valence-electron chi connectivity index (χ0n) is 19.7. The highest BCUT2D eigenvalue weighted by Gasteiger charge is 2.21. The second-order valence-electron chi connectivity index (χ2n) is 8.29. The molecule has 0 radical (unpaired) electrons. The molecule has 1 aliphatic rings. The summed E-state index contributed by atoms with van der Waals surface area (Å²) >= 11 is 6.48. The number of hydrogen-bond donors (Lipinski definition) is 1. The second kappa shape index (κ2) is 11.1. The summed E-state index contributed by atoms with van der Waals surface area (Å²) in [6.45, 7) is 0.623. The van der Waals surface area contributed by atoms with E-state index in [0.717, 1.165) is 11.1 Å². The molecule has 1 aliphatic heterocycles. The van der Waals surface area contributed by atoms with Crippen molar-refractivity contribution in [3.63, 3.8) is 0 Å². The maximum absolute atomic E-state index is 13.3. The maximum atomic E-state index is 13.3. The number of hydrogen-bond acceptors (Lipinski definition) is 6. The van der Waals surface area contributed by atoms with Crippen molar-refractivity contribution in [3.05, 3.63) is 119 Å². The van der Waals surface area contributed by atoms with Gasteiger partial charge in [-0.15, -0.1) is 0 Å². The lowest BCUT2D eigenvalue weighted by Gasteiger charge is -2.15. The Hall–Kier alpha value is -4.42. The third kappa shape index (κ3) is 5.88. The molecule has 5 rings (SSSR count). The van der Waals surface area contributed by atoms with Gasteiger partial charge in [-0.2, -0.15) is 0 Å². The molecular weight excluding hydrogens is 492 g/mol. The van der Waals surface area contributed by atoms with E-state index in [2.05, 4.69) is 0 Å². The Morgan fingerprint density at radius 3 is 2.19 bits per heavy atom. The SMILES string of the molecule is O=C(C=C(Cl)c1ccc2c(c1)OCO2)c1c(O)cc(OCc2ccccc2)cc1OCc1ccccc1. The summed E-state index contributed by atoms with van der Waals surface area (Å²) < 4.78 is 22.6. The average Bonchev–Trinajstić information content (AvgIpc) is 3.40. The molecule has 37 heavy (non-hydrogen) atoms. The smallest absolute Gasteiger partial charge is 0.231 e. The number of phenolic OH excluding ortho intramolecular Hbond substituents is 1. The summed E-state index contributed by atoms with van der Waals surface area (Å²) in [4.78, 5) is 13.3. The van der Waals surface area contributed by atoms with E-state index in [1.807, 2.05) is 60.7 Å². The second-order valence-corrected chi connectivity index (χ2v) is 8.70. The van der Waals surface area contributed by atoms with Crippen LogP contribution in [0.1, 0.15) is 27.0 Å². The van der Waals surface area contributed by atoms with E-state index in [-0.39, 0.29) is 35.5 Å². The number of rotatable bonds is 9. The number of phenols is 1. The van der Waals surface area contributed by atoms with Crippen molar-refractivity contribution in [1.82, 2.24) is 0 Å². The predicted octanol–water partition coefficient (Wildman–Crippen LogP) is 6.74. The van der Waals surface area contributed by atoms with Gasteiger partial charge in [-0.05, 0) is 34.9 Å². The number of fused-ring (bicyclic) bond motifs is 1. The molecular formula is C30H23ClO6. The van der Waals surface area contributed by atoms with Crippen molar-refractivity contribution in [3.8, 4) is 28.7 Å². The zero-order valence-corrected chi connectivity index (χ0v) is 20.5. The van der Waals surface area contributed by atoms with Gasteiger partial charge in [0.25, 0.3) is 0 Å². The molecule has 0 spiro atoms. The topological polar surface area (TPSA) is 74.2 Å². The summed E-state index contributed by atoms with van der Waals surface area (Å²) in [5.74, 6) is 0.920. The van der Waals surface area contributed by atoms with Gasteiger partial charge in [0.15, 0.2) is 17.3 Å².